The van der Waals surface area contributed by atoms with E-state index in [4.69, 9.17) is 4.74 Å². The first-order valence-electron chi connectivity index (χ1n) is 9.76. The molecular formula is C20H32BrFN4OSi. The van der Waals surface area contributed by atoms with Crippen molar-refractivity contribution < 1.29 is 9.13 Å². The molecule has 0 aliphatic carbocycles. The fraction of sp³-hybridized carbons (Fsp3) is 0.600. The number of nitrogens with zero attached hydrogens (tertiary/aromatic N) is 3. The lowest BCUT2D eigenvalue weighted by Crippen LogP contribution is -2.22. The molecule has 0 aliphatic heterocycles. The molecule has 2 aromatic rings. The molecule has 1 N–H and O–H groups in total. The smallest absolute Gasteiger partial charge is 0.228 e. The molecule has 2 rings (SSSR count). The third-order valence-electron chi connectivity index (χ3n) is 4.50. The largest absolute Gasteiger partial charge is 0.359 e. The van der Waals surface area contributed by atoms with Gasteiger partial charge in [0.15, 0.2) is 0 Å². The Bertz CT molecular complexity index is 773. The average Bonchev–Trinajstić information content (AvgIpc) is 2.91. The Morgan fingerprint density at radius 3 is 2.21 bits per heavy atom. The second kappa shape index (κ2) is 9.50. The Morgan fingerprint density at radius 1 is 1.14 bits per heavy atom. The van der Waals surface area contributed by atoms with Crippen molar-refractivity contribution in [2.24, 2.45) is 0 Å². The molecule has 1 aromatic heterocycles. The number of benzene rings is 1. The lowest BCUT2D eigenvalue weighted by Gasteiger charge is -2.21. The van der Waals surface area contributed by atoms with Gasteiger partial charge in [0, 0.05) is 20.4 Å². The number of halogens is 2. The summed E-state index contributed by atoms with van der Waals surface area (Å²) in [5.41, 5.74) is 2.75. The molecule has 5 nitrogen and oxygen atoms in total. The van der Waals surface area contributed by atoms with Crippen LogP contribution < -0.4 is 5.32 Å². The van der Waals surface area contributed by atoms with Crippen molar-refractivity contribution >= 4 is 35.6 Å². The Labute approximate surface area is 177 Å². The lowest BCUT2D eigenvalue weighted by atomic mass is 9.92. The van der Waals surface area contributed by atoms with E-state index in [0.29, 0.717) is 24.0 Å². The van der Waals surface area contributed by atoms with E-state index in [0.717, 1.165) is 22.9 Å². The molecule has 1 heterocycles. The van der Waals surface area contributed by atoms with Crippen LogP contribution >= 0.6 is 15.9 Å². The van der Waals surface area contributed by atoms with Crippen LogP contribution in [0.25, 0.3) is 0 Å². The van der Waals surface area contributed by atoms with Crippen LogP contribution in [0.4, 0.5) is 16.0 Å². The van der Waals surface area contributed by atoms with Gasteiger partial charge in [0.2, 0.25) is 10.7 Å². The second-order valence-corrected chi connectivity index (χ2v) is 15.3. The van der Waals surface area contributed by atoms with Gasteiger partial charge in [0.1, 0.15) is 12.5 Å². The number of hydrogen-bond acceptors (Lipinski definition) is 4. The highest BCUT2D eigenvalue weighted by Gasteiger charge is 2.19. The van der Waals surface area contributed by atoms with Crippen LogP contribution in [0.3, 0.4) is 0 Å². The molecule has 0 bridgehead atoms. The summed E-state index contributed by atoms with van der Waals surface area (Å²) in [6.07, 6.45) is 0. The van der Waals surface area contributed by atoms with Crippen molar-refractivity contribution in [2.45, 2.75) is 71.9 Å². The molecule has 0 fully saturated rings. The minimum Gasteiger partial charge on any atom is -0.359 e. The fourth-order valence-electron chi connectivity index (χ4n) is 2.84. The van der Waals surface area contributed by atoms with Crippen LogP contribution in [0.1, 0.15) is 50.7 Å². The third-order valence-corrected chi connectivity index (χ3v) is 6.54. The van der Waals surface area contributed by atoms with E-state index in [1.807, 2.05) is 0 Å². The van der Waals surface area contributed by atoms with Crippen LogP contribution in [0.5, 0.6) is 0 Å². The Balaban J connectivity index is 2.28. The topological polar surface area (TPSA) is 52.0 Å². The van der Waals surface area contributed by atoms with Gasteiger partial charge in [-0.15, -0.1) is 5.10 Å². The Kier molecular flexibility index (Phi) is 7.81. The lowest BCUT2D eigenvalue weighted by molar-refractivity contribution is 0.0798. The second-order valence-electron chi connectivity index (χ2n) is 8.95. The summed E-state index contributed by atoms with van der Waals surface area (Å²) in [6.45, 7) is 16.2. The van der Waals surface area contributed by atoms with Gasteiger partial charge in [-0.1, -0.05) is 47.3 Å². The molecule has 28 heavy (non-hydrogen) atoms. The van der Waals surface area contributed by atoms with Crippen LogP contribution in [0.2, 0.25) is 25.7 Å². The van der Waals surface area contributed by atoms with Gasteiger partial charge in [0.05, 0.1) is 0 Å². The summed E-state index contributed by atoms with van der Waals surface area (Å²) >= 11 is 3.35. The summed E-state index contributed by atoms with van der Waals surface area (Å²) in [4.78, 5) is 4.45. The molecule has 0 amide bonds. The summed E-state index contributed by atoms with van der Waals surface area (Å²) in [6, 6.07) is 4.29. The minimum absolute atomic E-state index is 0.170. The average molecular weight is 471 g/mol. The number of nitrogens with one attached hydrogen (secondary N) is 1. The number of rotatable bonds is 9. The monoisotopic (exact) mass is 470 g/mol. The molecule has 1 aromatic carbocycles. The predicted octanol–water partition coefficient (Wildman–Crippen LogP) is 6.48. The molecule has 0 unspecified atom stereocenters. The maximum absolute atomic E-state index is 14.2. The van der Waals surface area contributed by atoms with Gasteiger partial charge in [-0.2, -0.15) is 4.98 Å². The normalized spacial score (nSPS) is 12.2. The zero-order chi connectivity index (χ0) is 21.1. The number of anilines is 2. The zero-order valence-electron chi connectivity index (χ0n) is 17.9. The van der Waals surface area contributed by atoms with E-state index >= 15 is 0 Å². The molecule has 0 radical (unpaired) electrons. The van der Waals surface area contributed by atoms with E-state index in [1.165, 1.54) is 0 Å². The van der Waals surface area contributed by atoms with Crippen molar-refractivity contribution in [1.29, 1.82) is 0 Å². The molecule has 0 spiro atoms. The number of hydrogen-bond donors (Lipinski definition) is 1. The highest BCUT2D eigenvalue weighted by molar-refractivity contribution is 9.10. The van der Waals surface area contributed by atoms with Crippen molar-refractivity contribution in [3.63, 3.8) is 0 Å². The SMILES string of the molecule is CC(C)c1cc(F)cc(C(C)C)c1Nc1nc(Br)nn1COCC[Si](C)(C)C. The highest BCUT2D eigenvalue weighted by atomic mass is 79.9. The summed E-state index contributed by atoms with van der Waals surface area (Å²) in [5, 5.41) is 7.78. The van der Waals surface area contributed by atoms with Gasteiger partial charge < -0.3 is 10.1 Å². The van der Waals surface area contributed by atoms with Gasteiger partial charge in [-0.3, -0.25) is 0 Å². The third kappa shape index (κ3) is 6.39. The summed E-state index contributed by atoms with van der Waals surface area (Å²) in [5.74, 6) is 0.706. The van der Waals surface area contributed by atoms with Crippen LogP contribution in [-0.4, -0.2) is 29.4 Å². The number of ether oxygens (including phenoxy) is 1. The fourth-order valence-corrected chi connectivity index (χ4v) is 3.96. The maximum Gasteiger partial charge on any atom is 0.228 e. The highest BCUT2D eigenvalue weighted by Crippen LogP contribution is 2.35. The summed E-state index contributed by atoms with van der Waals surface area (Å²) < 4.78 is 22.2. The molecular weight excluding hydrogens is 439 g/mol. The first-order valence-corrected chi connectivity index (χ1v) is 14.3. The first-order chi connectivity index (χ1) is 13.0. The zero-order valence-corrected chi connectivity index (χ0v) is 20.5. The van der Waals surface area contributed by atoms with Crippen molar-refractivity contribution in [3.05, 3.63) is 33.8 Å². The molecule has 0 saturated heterocycles. The van der Waals surface area contributed by atoms with Gasteiger partial charge >= 0.3 is 0 Å². The quantitative estimate of drug-likeness (QED) is 0.336. The minimum atomic E-state index is -1.14. The van der Waals surface area contributed by atoms with Gasteiger partial charge in [-0.05, 0) is 57.1 Å². The Morgan fingerprint density at radius 2 is 1.71 bits per heavy atom. The van der Waals surface area contributed by atoms with E-state index in [-0.39, 0.29) is 17.7 Å². The molecule has 0 aliphatic rings. The molecule has 156 valence electrons. The van der Waals surface area contributed by atoms with Gasteiger partial charge in [0.25, 0.3) is 0 Å². The molecule has 8 heteroatoms. The van der Waals surface area contributed by atoms with E-state index in [1.54, 1.807) is 16.8 Å². The van der Waals surface area contributed by atoms with E-state index in [2.05, 4.69) is 78.7 Å². The van der Waals surface area contributed by atoms with E-state index < -0.39 is 8.07 Å². The van der Waals surface area contributed by atoms with Gasteiger partial charge in [-0.25, -0.2) is 9.07 Å². The predicted molar refractivity (Wildman–Crippen MR) is 120 cm³/mol. The Hall–Kier alpha value is -1.25. The van der Waals surface area contributed by atoms with Crippen molar-refractivity contribution in [1.82, 2.24) is 14.8 Å². The number of aromatic nitrogens is 3. The van der Waals surface area contributed by atoms with Crippen LogP contribution in [-0.2, 0) is 11.5 Å². The van der Waals surface area contributed by atoms with Crippen molar-refractivity contribution in [2.75, 3.05) is 11.9 Å². The van der Waals surface area contributed by atoms with Crippen LogP contribution in [0.15, 0.2) is 16.9 Å². The molecule has 0 saturated carbocycles. The summed E-state index contributed by atoms with van der Waals surface area (Å²) in [7, 11) is -1.14. The first kappa shape index (κ1) is 23.0. The van der Waals surface area contributed by atoms with E-state index in [9.17, 15) is 4.39 Å². The van der Waals surface area contributed by atoms with Crippen LogP contribution in [0, 0.1) is 5.82 Å². The standard InChI is InChI=1S/C20H32BrFN4OSi/c1-13(2)16-10-15(22)11-17(14(3)4)18(16)23-20-24-19(21)25-26(20)12-27-8-9-28(5,6)7/h10-11,13-14H,8-9,12H2,1-7H3,(H,23,24,25). The van der Waals surface area contributed by atoms with Crippen molar-refractivity contribution in [3.8, 4) is 0 Å². The maximum atomic E-state index is 14.2. The molecule has 0 atom stereocenters.